The van der Waals surface area contributed by atoms with Crippen molar-refractivity contribution >= 4 is 0 Å². The zero-order valence-electron chi connectivity index (χ0n) is 10.3. The molecule has 94 valence electrons. The molecule has 1 atom stereocenters. The summed E-state index contributed by atoms with van der Waals surface area (Å²) in [4.78, 5) is 2.77. The van der Waals surface area contributed by atoms with Gasteiger partial charge in [0.25, 0.3) is 0 Å². The summed E-state index contributed by atoms with van der Waals surface area (Å²) in [6.45, 7) is 3.96. The first-order valence-electron chi connectivity index (χ1n) is 5.74. The molecule has 0 saturated carbocycles. The molecule has 0 heterocycles. The van der Waals surface area contributed by atoms with Gasteiger partial charge >= 0.3 is 11.6 Å². The molecular formula is C12H19N2O3+. The standard InChI is InChI=1S/C12H18N2O3/c1-3-5-6-7-8-9-10(15)11(14-13)12(16)17-4-2/h10,15H,3-7H2,1-2H3/p+1/b12-11-. The maximum atomic E-state index is 9.54. The Bertz CT molecular complexity index is 347. The molecule has 0 aliphatic heterocycles. The van der Waals surface area contributed by atoms with Gasteiger partial charge in [-0.25, -0.2) is 0 Å². The first-order chi connectivity index (χ1) is 8.17. The van der Waals surface area contributed by atoms with Crippen LogP contribution in [0, 0.1) is 17.2 Å². The lowest BCUT2D eigenvalue weighted by Gasteiger charge is -1.98. The summed E-state index contributed by atoms with van der Waals surface area (Å²) >= 11 is 0. The van der Waals surface area contributed by atoms with Crippen molar-refractivity contribution < 1.29 is 14.9 Å². The molecule has 0 aliphatic rings. The van der Waals surface area contributed by atoms with E-state index in [0.29, 0.717) is 6.42 Å². The highest BCUT2D eigenvalue weighted by Gasteiger charge is 2.29. The maximum absolute atomic E-state index is 9.54. The first kappa shape index (κ1) is 15.3. The van der Waals surface area contributed by atoms with E-state index in [-0.39, 0.29) is 12.3 Å². The zero-order chi connectivity index (χ0) is 13.1. The molecule has 5 nitrogen and oxygen atoms in total. The minimum Gasteiger partial charge on any atom is -0.475 e. The highest BCUT2D eigenvalue weighted by molar-refractivity contribution is 5.25. The minimum atomic E-state index is -1.34. The smallest absolute Gasteiger partial charge is 0.475 e. The van der Waals surface area contributed by atoms with Gasteiger partial charge in [-0.05, 0) is 13.3 Å². The molecular weight excluding hydrogens is 220 g/mol. The molecule has 5 heteroatoms. The Labute approximate surface area is 102 Å². The summed E-state index contributed by atoms with van der Waals surface area (Å²) in [7, 11) is 0. The van der Waals surface area contributed by atoms with E-state index in [1.165, 1.54) is 0 Å². The third kappa shape index (κ3) is 6.44. The van der Waals surface area contributed by atoms with Gasteiger partial charge in [0.2, 0.25) is 11.5 Å². The Morgan fingerprint density at radius 3 is 2.65 bits per heavy atom. The van der Waals surface area contributed by atoms with E-state index in [0.717, 1.165) is 19.3 Å². The minimum absolute atomic E-state index is 0.210. The largest absolute Gasteiger partial charge is 0.480 e. The summed E-state index contributed by atoms with van der Waals surface area (Å²) in [5.41, 5.74) is -0.366. The molecule has 0 aromatic heterocycles. The van der Waals surface area contributed by atoms with E-state index in [1.807, 2.05) is 0 Å². The quantitative estimate of drug-likeness (QED) is 0.323. The molecule has 0 aromatic rings. The second-order valence-corrected chi connectivity index (χ2v) is 3.40. The summed E-state index contributed by atoms with van der Waals surface area (Å²) < 4.78 is 4.71. The van der Waals surface area contributed by atoms with Gasteiger partial charge in [0.05, 0.1) is 6.61 Å². The number of hydrogen-bond acceptors (Lipinski definition) is 4. The fraction of sp³-hybridized carbons (Fsp3) is 0.667. The van der Waals surface area contributed by atoms with Crippen molar-refractivity contribution in [2.24, 2.45) is 0 Å². The number of diazo groups is 1. The van der Waals surface area contributed by atoms with Crippen molar-refractivity contribution in [1.82, 2.24) is 0 Å². The van der Waals surface area contributed by atoms with Crippen molar-refractivity contribution in [3.63, 3.8) is 0 Å². The SMILES string of the molecule is CCCCCC#CC(O)/C([N+]#N)=C(\O)OCC. The second kappa shape index (κ2) is 9.50. The summed E-state index contributed by atoms with van der Waals surface area (Å²) in [6.07, 6.45) is 2.48. The van der Waals surface area contributed by atoms with Crippen LogP contribution < -0.4 is 0 Å². The monoisotopic (exact) mass is 239 g/mol. The van der Waals surface area contributed by atoms with E-state index in [9.17, 15) is 10.2 Å². The van der Waals surface area contributed by atoms with Gasteiger partial charge in [-0.1, -0.05) is 31.6 Å². The number of hydrogen-bond donors (Lipinski definition) is 2. The van der Waals surface area contributed by atoms with Crippen LogP contribution in [-0.4, -0.2) is 22.9 Å². The summed E-state index contributed by atoms with van der Waals surface area (Å²) in [5, 5.41) is 27.5. The number of nitrogens with zero attached hydrogens (tertiary/aromatic N) is 2. The van der Waals surface area contributed by atoms with Crippen molar-refractivity contribution in [2.75, 3.05) is 6.61 Å². The van der Waals surface area contributed by atoms with Crippen molar-refractivity contribution in [3.05, 3.63) is 16.6 Å². The van der Waals surface area contributed by atoms with Gasteiger partial charge < -0.3 is 14.9 Å². The maximum Gasteiger partial charge on any atom is 0.480 e. The van der Waals surface area contributed by atoms with Crippen LogP contribution in [0.15, 0.2) is 11.6 Å². The second-order valence-electron chi connectivity index (χ2n) is 3.40. The lowest BCUT2D eigenvalue weighted by Crippen LogP contribution is -2.09. The fourth-order valence-electron chi connectivity index (χ4n) is 1.13. The van der Waals surface area contributed by atoms with E-state index in [1.54, 1.807) is 6.92 Å². The number of aliphatic hydroxyl groups excluding tert-OH is 2. The molecule has 2 N–H and O–H groups in total. The molecule has 0 fully saturated rings. The average molecular weight is 239 g/mol. The van der Waals surface area contributed by atoms with Gasteiger partial charge in [-0.2, -0.15) is 0 Å². The molecule has 0 radical (unpaired) electrons. The topological polar surface area (TPSA) is 77.8 Å². The molecule has 0 amide bonds. The Kier molecular flexibility index (Phi) is 8.54. The van der Waals surface area contributed by atoms with Crippen LogP contribution in [0.1, 0.15) is 39.5 Å². The number of ether oxygens (including phenoxy) is 1. The van der Waals surface area contributed by atoms with E-state index in [2.05, 4.69) is 23.7 Å². The van der Waals surface area contributed by atoms with Crippen LogP contribution in [0.3, 0.4) is 0 Å². The predicted molar refractivity (Wildman–Crippen MR) is 64.3 cm³/mol. The average Bonchev–Trinajstić information content (AvgIpc) is 2.30. The van der Waals surface area contributed by atoms with Crippen molar-refractivity contribution in [3.8, 4) is 11.8 Å². The molecule has 1 unspecified atom stereocenters. The van der Waals surface area contributed by atoms with E-state index in [4.69, 9.17) is 10.1 Å². The van der Waals surface area contributed by atoms with Gasteiger partial charge in [0.15, 0.2) is 4.98 Å². The third-order valence-corrected chi connectivity index (χ3v) is 2.01. The molecule has 17 heavy (non-hydrogen) atoms. The summed E-state index contributed by atoms with van der Waals surface area (Å²) in [6, 6.07) is 0. The number of unbranched alkanes of at least 4 members (excludes halogenated alkanes) is 3. The molecule has 0 aliphatic carbocycles. The normalized spacial score (nSPS) is 12.8. The van der Waals surface area contributed by atoms with Gasteiger partial charge in [0.1, 0.15) is 0 Å². The highest BCUT2D eigenvalue weighted by atomic mass is 16.6. The van der Waals surface area contributed by atoms with E-state index >= 15 is 0 Å². The first-order valence-corrected chi connectivity index (χ1v) is 5.74. The number of rotatable bonds is 6. The fourth-order valence-corrected chi connectivity index (χ4v) is 1.13. The molecule has 0 rings (SSSR count). The molecule has 0 aromatic carbocycles. The van der Waals surface area contributed by atoms with Crippen LogP contribution in [-0.2, 0) is 4.74 Å². The highest BCUT2D eigenvalue weighted by Crippen LogP contribution is 2.10. The van der Waals surface area contributed by atoms with Crippen LogP contribution in [0.2, 0.25) is 0 Å². The summed E-state index contributed by atoms with van der Waals surface area (Å²) in [5.74, 6) is 4.64. The molecule has 0 saturated heterocycles. The van der Waals surface area contributed by atoms with Crippen LogP contribution in [0.4, 0.5) is 0 Å². The molecule has 0 bridgehead atoms. The third-order valence-electron chi connectivity index (χ3n) is 2.01. The Morgan fingerprint density at radius 1 is 1.41 bits per heavy atom. The predicted octanol–water partition coefficient (Wildman–Crippen LogP) is 2.55. The Balaban J connectivity index is 4.41. The van der Waals surface area contributed by atoms with Gasteiger partial charge in [-0.15, -0.1) is 0 Å². The zero-order valence-corrected chi connectivity index (χ0v) is 10.3. The lowest BCUT2D eigenvalue weighted by molar-refractivity contribution is 0.0919. The van der Waals surface area contributed by atoms with Crippen LogP contribution >= 0.6 is 0 Å². The van der Waals surface area contributed by atoms with E-state index < -0.39 is 12.0 Å². The van der Waals surface area contributed by atoms with Crippen molar-refractivity contribution in [1.29, 1.82) is 5.39 Å². The lowest BCUT2D eigenvalue weighted by atomic mass is 10.2. The van der Waals surface area contributed by atoms with Crippen LogP contribution in [0.25, 0.3) is 4.98 Å². The Morgan fingerprint density at radius 2 is 2.12 bits per heavy atom. The Hall–Kier alpha value is -1.72. The van der Waals surface area contributed by atoms with Crippen LogP contribution in [0.5, 0.6) is 0 Å². The van der Waals surface area contributed by atoms with Crippen molar-refractivity contribution in [2.45, 2.75) is 45.6 Å². The van der Waals surface area contributed by atoms with Gasteiger partial charge in [-0.3, -0.25) is 0 Å². The number of aliphatic hydroxyl groups is 2. The van der Waals surface area contributed by atoms with Gasteiger partial charge in [0, 0.05) is 6.42 Å². The molecule has 0 spiro atoms.